The second-order valence-corrected chi connectivity index (χ2v) is 11.9. The molecule has 8 heteroatoms. The predicted octanol–water partition coefficient (Wildman–Crippen LogP) is 3.04. The van der Waals surface area contributed by atoms with Crippen molar-refractivity contribution in [3.63, 3.8) is 0 Å². The number of fused-ring (bicyclic) bond motifs is 1. The van der Waals surface area contributed by atoms with Crippen LogP contribution in [0.2, 0.25) is 0 Å². The van der Waals surface area contributed by atoms with E-state index in [9.17, 15) is 14.4 Å². The first-order valence-electron chi connectivity index (χ1n) is 14.7. The lowest BCUT2D eigenvalue weighted by molar-refractivity contribution is -0.143. The van der Waals surface area contributed by atoms with Gasteiger partial charge in [0.05, 0.1) is 6.54 Å². The lowest BCUT2D eigenvalue weighted by atomic mass is 9.80. The van der Waals surface area contributed by atoms with Gasteiger partial charge in [-0.05, 0) is 82.2 Å². The first kappa shape index (κ1) is 26.0. The highest BCUT2D eigenvalue weighted by Gasteiger charge is 2.56. The van der Waals surface area contributed by atoms with Gasteiger partial charge >= 0.3 is 0 Å². The molecule has 5 aliphatic rings. The van der Waals surface area contributed by atoms with E-state index in [-0.39, 0.29) is 30.3 Å². The van der Waals surface area contributed by atoms with Crippen molar-refractivity contribution in [3.8, 4) is 0 Å². The van der Waals surface area contributed by atoms with Gasteiger partial charge in [-0.3, -0.25) is 14.4 Å². The fourth-order valence-corrected chi connectivity index (χ4v) is 7.24. The average molecular weight is 524 g/mol. The zero-order valence-corrected chi connectivity index (χ0v) is 22.5. The van der Waals surface area contributed by atoms with Crippen LogP contribution < -0.4 is 5.32 Å². The third-order valence-electron chi connectivity index (χ3n) is 9.49. The van der Waals surface area contributed by atoms with Crippen molar-refractivity contribution in [1.82, 2.24) is 15.1 Å². The van der Waals surface area contributed by atoms with Crippen LogP contribution in [0, 0.1) is 0 Å². The van der Waals surface area contributed by atoms with E-state index in [4.69, 9.17) is 9.47 Å². The molecule has 5 fully saturated rings. The molecule has 0 bridgehead atoms. The first-order valence-corrected chi connectivity index (χ1v) is 14.7. The number of nitrogens with zero attached hydrogens (tertiary/aromatic N) is 2. The number of amides is 2. The van der Waals surface area contributed by atoms with Crippen molar-refractivity contribution in [2.75, 3.05) is 32.8 Å². The lowest BCUT2D eigenvalue weighted by Crippen LogP contribution is -2.62. The van der Waals surface area contributed by atoms with Crippen LogP contribution in [-0.4, -0.2) is 90.1 Å². The minimum atomic E-state index is -1.00. The monoisotopic (exact) mass is 523 g/mol. The van der Waals surface area contributed by atoms with Crippen molar-refractivity contribution in [1.29, 1.82) is 0 Å². The Labute approximate surface area is 225 Å². The van der Waals surface area contributed by atoms with E-state index < -0.39 is 17.7 Å². The Balaban J connectivity index is 1.15. The molecule has 3 saturated heterocycles. The van der Waals surface area contributed by atoms with Gasteiger partial charge in [0.25, 0.3) is 5.91 Å². The second-order valence-electron chi connectivity index (χ2n) is 11.9. The van der Waals surface area contributed by atoms with Gasteiger partial charge in [0.2, 0.25) is 5.91 Å². The normalized spacial score (nSPS) is 29.9. The Morgan fingerprint density at radius 3 is 2.42 bits per heavy atom. The molecule has 3 atom stereocenters. The maximum atomic E-state index is 14.1. The van der Waals surface area contributed by atoms with Gasteiger partial charge in [-0.25, -0.2) is 0 Å². The Kier molecular flexibility index (Phi) is 7.31. The Morgan fingerprint density at radius 1 is 1.05 bits per heavy atom. The molecule has 2 aliphatic carbocycles. The Hall–Kier alpha value is -2.29. The van der Waals surface area contributed by atoms with Gasteiger partial charge in [0, 0.05) is 18.2 Å². The minimum absolute atomic E-state index is 0.00794. The van der Waals surface area contributed by atoms with Gasteiger partial charge in [-0.15, -0.1) is 0 Å². The van der Waals surface area contributed by atoms with Crippen molar-refractivity contribution < 1.29 is 23.9 Å². The van der Waals surface area contributed by atoms with E-state index in [0.29, 0.717) is 37.5 Å². The molecule has 2 saturated carbocycles. The summed E-state index contributed by atoms with van der Waals surface area (Å²) >= 11 is 0. The molecule has 3 aliphatic heterocycles. The number of likely N-dealkylation sites (tertiary alicyclic amines) is 2. The first-order chi connectivity index (χ1) is 18.5. The third kappa shape index (κ3) is 4.91. The molecule has 0 unspecified atom stereocenters. The molecule has 0 radical (unpaired) electrons. The molecule has 6 rings (SSSR count). The second kappa shape index (κ2) is 10.7. The molecule has 206 valence electrons. The van der Waals surface area contributed by atoms with Gasteiger partial charge in [-0.1, -0.05) is 31.4 Å². The summed E-state index contributed by atoms with van der Waals surface area (Å²) in [5.41, 5.74) is 0.872. The number of benzene rings is 1. The number of ether oxygens (including phenoxy) is 2. The number of piperidine rings is 1. The summed E-state index contributed by atoms with van der Waals surface area (Å²) in [6.45, 7) is 5.05. The van der Waals surface area contributed by atoms with E-state index in [1.54, 1.807) is 4.90 Å². The van der Waals surface area contributed by atoms with Gasteiger partial charge in [0.1, 0.15) is 30.4 Å². The summed E-state index contributed by atoms with van der Waals surface area (Å²) in [5, 5.41) is 3.16. The molecule has 1 N–H and O–H groups in total. The van der Waals surface area contributed by atoms with E-state index >= 15 is 0 Å². The number of rotatable bonds is 7. The number of Topliss-reactive ketones (excluding diaryl/α,β-unsaturated/α-hetero) is 1. The topological polar surface area (TPSA) is 88.2 Å². The zero-order chi connectivity index (χ0) is 26.3. The number of ketones is 1. The Bertz CT molecular complexity index is 1040. The van der Waals surface area contributed by atoms with E-state index in [1.807, 2.05) is 19.1 Å². The standard InChI is InChI=1S/C30H41N3O5/c1-2-37-25-18-33(26-24(34)19-38-27(25)26)29(36)30(14-4-3-5-15-30)31-28(35)22-8-6-20(7-9-22)21-12-16-32(17-13-21)23-10-11-23/h6-9,21,23,25-27H,2-5,10-19H2,1H3,(H,31,35)/t25-,26+,27+/m0/s1. The molecule has 2 amide bonds. The smallest absolute Gasteiger partial charge is 0.252 e. The van der Waals surface area contributed by atoms with Crippen LogP contribution in [0.15, 0.2) is 24.3 Å². The molecule has 0 aromatic heterocycles. The molecule has 38 heavy (non-hydrogen) atoms. The quantitative estimate of drug-likeness (QED) is 0.591. The van der Waals surface area contributed by atoms with Crippen LogP contribution in [0.1, 0.15) is 86.6 Å². The summed E-state index contributed by atoms with van der Waals surface area (Å²) in [6, 6.07) is 8.20. The molecular weight excluding hydrogens is 482 g/mol. The van der Waals surface area contributed by atoms with Crippen LogP contribution in [0.4, 0.5) is 0 Å². The van der Waals surface area contributed by atoms with E-state index in [0.717, 1.165) is 38.4 Å². The average Bonchev–Trinajstić information content (AvgIpc) is 3.64. The number of carbonyl (C=O) groups is 3. The molecule has 1 aromatic carbocycles. The molecule has 8 nitrogen and oxygen atoms in total. The predicted molar refractivity (Wildman–Crippen MR) is 142 cm³/mol. The molecule has 0 spiro atoms. The third-order valence-corrected chi connectivity index (χ3v) is 9.49. The largest absolute Gasteiger partial charge is 0.374 e. The van der Waals surface area contributed by atoms with Crippen molar-refractivity contribution in [2.24, 2.45) is 0 Å². The summed E-state index contributed by atoms with van der Waals surface area (Å²) in [5.74, 6) is 0.0736. The van der Waals surface area contributed by atoms with Crippen LogP contribution >= 0.6 is 0 Å². The number of nitrogens with one attached hydrogen (secondary N) is 1. The van der Waals surface area contributed by atoms with E-state index in [2.05, 4.69) is 22.3 Å². The van der Waals surface area contributed by atoms with Crippen LogP contribution in [0.5, 0.6) is 0 Å². The minimum Gasteiger partial charge on any atom is -0.374 e. The summed E-state index contributed by atoms with van der Waals surface area (Å²) in [4.78, 5) is 44.6. The molecule has 1 aromatic rings. The van der Waals surface area contributed by atoms with Gasteiger partial charge in [0.15, 0.2) is 5.78 Å². The van der Waals surface area contributed by atoms with Crippen LogP contribution in [0.3, 0.4) is 0 Å². The Morgan fingerprint density at radius 2 is 1.76 bits per heavy atom. The van der Waals surface area contributed by atoms with Crippen molar-refractivity contribution in [2.45, 2.75) is 100 Å². The fraction of sp³-hybridized carbons (Fsp3) is 0.700. The highest BCUT2D eigenvalue weighted by Crippen LogP contribution is 2.37. The van der Waals surface area contributed by atoms with Crippen molar-refractivity contribution in [3.05, 3.63) is 35.4 Å². The summed E-state index contributed by atoms with van der Waals surface area (Å²) < 4.78 is 11.6. The maximum absolute atomic E-state index is 14.1. The SMILES string of the molecule is CCO[C@H]1CN(C(=O)C2(NC(=O)c3ccc(C4CCN(C5CC5)CC4)cc3)CCCCC2)[C@@H]2C(=O)CO[C@H]12. The number of hydrogen-bond acceptors (Lipinski definition) is 6. The summed E-state index contributed by atoms with van der Waals surface area (Å²) in [7, 11) is 0. The van der Waals surface area contributed by atoms with Gasteiger partial charge < -0.3 is 24.6 Å². The zero-order valence-electron chi connectivity index (χ0n) is 22.5. The fourth-order valence-electron chi connectivity index (χ4n) is 7.24. The van der Waals surface area contributed by atoms with Crippen LogP contribution in [0.25, 0.3) is 0 Å². The number of carbonyl (C=O) groups excluding carboxylic acids is 3. The van der Waals surface area contributed by atoms with Crippen molar-refractivity contribution >= 4 is 17.6 Å². The van der Waals surface area contributed by atoms with Gasteiger partial charge in [-0.2, -0.15) is 0 Å². The summed E-state index contributed by atoms with van der Waals surface area (Å²) in [6.07, 6.45) is 8.24. The molecule has 3 heterocycles. The van der Waals surface area contributed by atoms with Crippen LogP contribution in [-0.2, 0) is 19.1 Å². The molecular formula is C30H41N3O5. The van der Waals surface area contributed by atoms with E-state index in [1.165, 1.54) is 31.2 Å². The maximum Gasteiger partial charge on any atom is 0.252 e. The number of hydrogen-bond donors (Lipinski definition) is 1. The lowest BCUT2D eigenvalue weighted by Gasteiger charge is -2.40. The highest BCUT2D eigenvalue weighted by molar-refractivity contribution is 6.01. The highest BCUT2D eigenvalue weighted by atomic mass is 16.6.